The summed E-state index contributed by atoms with van der Waals surface area (Å²) in [4.78, 5) is 41.8. The van der Waals surface area contributed by atoms with Gasteiger partial charge in [-0.3, -0.25) is 14.4 Å². The lowest BCUT2D eigenvalue weighted by atomic mass is 9.94. The summed E-state index contributed by atoms with van der Waals surface area (Å²) in [7, 11) is 0. The number of hydrogen-bond acceptors (Lipinski definition) is 3. The molecule has 0 radical (unpaired) electrons. The predicted molar refractivity (Wildman–Crippen MR) is 113 cm³/mol. The van der Waals surface area contributed by atoms with Crippen LogP contribution in [0.1, 0.15) is 52.0 Å². The highest BCUT2D eigenvalue weighted by Crippen LogP contribution is 2.28. The molecule has 1 aromatic heterocycles. The van der Waals surface area contributed by atoms with E-state index in [0.717, 1.165) is 16.0 Å². The van der Waals surface area contributed by atoms with Crippen LogP contribution in [-0.2, 0) is 20.8 Å². The number of nitrogens with zero attached hydrogens (tertiary/aromatic N) is 1. The van der Waals surface area contributed by atoms with Gasteiger partial charge in [0.2, 0.25) is 11.8 Å². The molecule has 0 saturated carbocycles. The molecule has 6 nitrogen and oxygen atoms in total. The zero-order valence-corrected chi connectivity index (χ0v) is 18.1. The number of fused-ring (bicyclic) bond motifs is 1. The molecule has 0 aliphatic carbocycles. The molecule has 8 heteroatoms. The van der Waals surface area contributed by atoms with Crippen LogP contribution in [0.15, 0.2) is 24.4 Å². The Bertz CT molecular complexity index is 974. The second-order valence-electron chi connectivity index (χ2n) is 8.32. The number of nitrogens with one attached hydrogen (secondary N) is 2. The summed E-state index contributed by atoms with van der Waals surface area (Å²) in [5.41, 5.74) is 1.51. The van der Waals surface area contributed by atoms with Crippen LogP contribution in [0.2, 0.25) is 0 Å². The van der Waals surface area contributed by atoms with Gasteiger partial charge in [-0.05, 0) is 62.8 Å². The van der Waals surface area contributed by atoms with Crippen molar-refractivity contribution < 1.29 is 23.2 Å². The van der Waals surface area contributed by atoms with Crippen molar-refractivity contribution in [2.75, 3.05) is 0 Å². The zero-order chi connectivity index (χ0) is 22.7. The Balaban J connectivity index is 1.78. The standard InChI is InChI=1S/C23H29F2N3O3/c1-4-18(14(3)29)27-22(30)20-6-5-7-21(25)28(20)23(31)13(2)10-15-12-26-19-9-8-16(24)11-17(15)19/h8-9,11-13,18,20-21,26H,4-7,10H2,1-3H3,(H,27,30)/t13-,18?,20-,21+/m0/s1. The van der Waals surface area contributed by atoms with Gasteiger partial charge in [0, 0.05) is 23.0 Å². The number of rotatable bonds is 7. The molecule has 1 unspecified atom stereocenters. The van der Waals surface area contributed by atoms with Gasteiger partial charge in [-0.1, -0.05) is 13.8 Å². The molecular weight excluding hydrogens is 404 g/mol. The first-order chi connectivity index (χ1) is 14.7. The summed E-state index contributed by atoms with van der Waals surface area (Å²) < 4.78 is 28.5. The van der Waals surface area contributed by atoms with Crippen molar-refractivity contribution in [3.63, 3.8) is 0 Å². The zero-order valence-electron chi connectivity index (χ0n) is 18.1. The van der Waals surface area contributed by atoms with Gasteiger partial charge in [0.05, 0.1) is 6.04 Å². The van der Waals surface area contributed by atoms with Gasteiger partial charge in [0.1, 0.15) is 11.9 Å². The van der Waals surface area contributed by atoms with E-state index in [2.05, 4.69) is 10.3 Å². The van der Waals surface area contributed by atoms with E-state index in [-0.39, 0.29) is 24.4 Å². The van der Waals surface area contributed by atoms with E-state index in [1.54, 1.807) is 26.1 Å². The minimum absolute atomic E-state index is 0.171. The maximum atomic E-state index is 14.8. The second kappa shape index (κ2) is 9.58. The number of halogens is 2. The first kappa shape index (κ1) is 22.9. The Morgan fingerprint density at radius 2 is 2.03 bits per heavy atom. The fourth-order valence-electron chi connectivity index (χ4n) is 4.25. The summed E-state index contributed by atoms with van der Waals surface area (Å²) in [6.07, 6.45) is 1.87. The van der Waals surface area contributed by atoms with Crippen molar-refractivity contribution in [3.05, 3.63) is 35.8 Å². The third kappa shape index (κ3) is 4.94. The fraction of sp³-hybridized carbons (Fsp3) is 0.522. The molecule has 168 valence electrons. The van der Waals surface area contributed by atoms with Crippen molar-refractivity contribution in [2.45, 2.75) is 71.3 Å². The molecule has 4 atom stereocenters. The summed E-state index contributed by atoms with van der Waals surface area (Å²) in [5.74, 6) is -2.13. The highest BCUT2D eigenvalue weighted by Gasteiger charge is 2.40. The van der Waals surface area contributed by atoms with Crippen molar-refractivity contribution in [1.29, 1.82) is 0 Å². The first-order valence-electron chi connectivity index (χ1n) is 10.8. The Kier molecular flexibility index (Phi) is 7.08. The SMILES string of the molecule is CCC(NC(=O)[C@@H]1CCC[C@H](F)N1C(=O)[C@@H](C)Cc1c[nH]c2ccc(F)cc12)C(C)=O. The maximum absolute atomic E-state index is 14.8. The lowest BCUT2D eigenvalue weighted by molar-refractivity contribution is -0.154. The average Bonchev–Trinajstić information content (AvgIpc) is 3.12. The minimum atomic E-state index is -1.56. The number of likely N-dealkylation sites (tertiary alicyclic amines) is 1. The molecule has 0 bridgehead atoms. The van der Waals surface area contributed by atoms with E-state index < -0.39 is 36.1 Å². The monoisotopic (exact) mass is 433 g/mol. The maximum Gasteiger partial charge on any atom is 0.243 e. The highest BCUT2D eigenvalue weighted by molar-refractivity contribution is 5.93. The first-order valence-corrected chi connectivity index (χ1v) is 10.8. The summed E-state index contributed by atoms with van der Waals surface area (Å²) >= 11 is 0. The number of H-pyrrole nitrogens is 1. The van der Waals surface area contributed by atoms with Gasteiger partial charge in [0.25, 0.3) is 0 Å². The van der Waals surface area contributed by atoms with Crippen LogP contribution >= 0.6 is 0 Å². The number of alkyl halides is 1. The fourth-order valence-corrected chi connectivity index (χ4v) is 4.25. The number of piperidine rings is 1. The Morgan fingerprint density at radius 3 is 2.71 bits per heavy atom. The lowest BCUT2D eigenvalue weighted by Gasteiger charge is -2.39. The lowest BCUT2D eigenvalue weighted by Crippen LogP contribution is -2.58. The average molecular weight is 433 g/mol. The van der Waals surface area contributed by atoms with E-state index >= 15 is 0 Å². The molecule has 2 aromatic rings. The van der Waals surface area contributed by atoms with Crippen LogP contribution in [0.4, 0.5) is 8.78 Å². The Labute approximate surface area is 180 Å². The number of Topliss-reactive ketones (excluding diaryl/α,β-unsaturated/α-hetero) is 1. The van der Waals surface area contributed by atoms with Gasteiger partial charge in [-0.15, -0.1) is 0 Å². The van der Waals surface area contributed by atoms with Gasteiger partial charge < -0.3 is 15.2 Å². The van der Waals surface area contributed by atoms with Crippen molar-refractivity contribution >= 4 is 28.5 Å². The van der Waals surface area contributed by atoms with Gasteiger partial charge >= 0.3 is 0 Å². The van der Waals surface area contributed by atoms with E-state index in [9.17, 15) is 23.2 Å². The summed E-state index contributed by atoms with van der Waals surface area (Å²) in [6, 6.07) is 2.78. The molecule has 0 spiro atoms. The molecule has 1 aliphatic heterocycles. The minimum Gasteiger partial charge on any atom is -0.361 e. The number of amides is 2. The quantitative estimate of drug-likeness (QED) is 0.654. The number of benzene rings is 1. The molecular formula is C23H29F2N3O3. The van der Waals surface area contributed by atoms with Crippen LogP contribution in [0.3, 0.4) is 0 Å². The molecule has 1 fully saturated rings. The summed E-state index contributed by atoms with van der Waals surface area (Å²) in [6.45, 7) is 4.85. The number of carbonyl (C=O) groups is 3. The van der Waals surface area contributed by atoms with Crippen LogP contribution in [0.25, 0.3) is 10.9 Å². The normalized spacial score (nSPS) is 21.0. The second-order valence-corrected chi connectivity index (χ2v) is 8.32. The number of ketones is 1. The molecule has 2 N–H and O–H groups in total. The molecule has 3 rings (SSSR count). The van der Waals surface area contributed by atoms with E-state index in [0.29, 0.717) is 24.6 Å². The summed E-state index contributed by atoms with van der Waals surface area (Å²) in [5, 5.41) is 3.34. The number of hydrogen-bond donors (Lipinski definition) is 2. The Morgan fingerprint density at radius 1 is 1.29 bits per heavy atom. The highest BCUT2D eigenvalue weighted by atomic mass is 19.1. The third-order valence-electron chi connectivity index (χ3n) is 6.01. The number of carbonyl (C=O) groups excluding carboxylic acids is 3. The molecule has 2 heterocycles. The molecule has 1 aromatic carbocycles. The van der Waals surface area contributed by atoms with E-state index in [4.69, 9.17) is 0 Å². The molecule has 2 amide bonds. The van der Waals surface area contributed by atoms with Gasteiger partial charge in [0.15, 0.2) is 12.1 Å². The molecule has 31 heavy (non-hydrogen) atoms. The van der Waals surface area contributed by atoms with Crippen LogP contribution in [-0.4, -0.2) is 45.9 Å². The number of aromatic nitrogens is 1. The van der Waals surface area contributed by atoms with Crippen molar-refractivity contribution in [2.24, 2.45) is 5.92 Å². The van der Waals surface area contributed by atoms with Gasteiger partial charge in [-0.2, -0.15) is 0 Å². The van der Waals surface area contributed by atoms with Crippen molar-refractivity contribution in [1.82, 2.24) is 15.2 Å². The van der Waals surface area contributed by atoms with Crippen LogP contribution < -0.4 is 5.32 Å². The van der Waals surface area contributed by atoms with Crippen molar-refractivity contribution in [3.8, 4) is 0 Å². The smallest absolute Gasteiger partial charge is 0.243 e. The third-order valence-corrected chi connectivity index (χ3v) is 6.01. The van der Waals surface area contributed by atoms with E-state index in [1.165, 1.54) is 19.1 Å². The molecule has 1 aliphatic rings. The van der Waals surface area contributed by atoms with Crippen LogP contribution in [0.5, 0.6) is 0 Å². The van der Waals surface area contributed by atoms with E-state index in [1.807, 2.05) is 0 Å². The Hall–Kier alpha value is -2.77. The topological polar surface area (TPSA) is 82.3 Å². The van der Waals surface area contributed by atoms with Gasteiger partial charge in [-0.25, -0.2) is 8.78 Å². The molecule has 1 saturated heterocycles. The van der Waals surface area contributed by atoms with Crippen LogP contribution in [0, 0.1) is 11.7 Å². The largest absolute Gasteiger partial charge is 0.361 e. The predicted octanol–water partition coefficient (Wildman–Crippen LogP) is 3.65. The number of aromatic amines is 1.